The van der Waals surface area contributed by atoms with Gasteiger partial charge in [0, 0.05) is 30.2 Å². The van der Waals surface area contributed by atoms with Gasteiger partial charge in [-0.25, -0.2) is 4.98 Å². The lowest BCUT2D eigenvalue weighted by molar-refractivity contribution is -0.202. The number of hydrogen-bond donors (Lipinski definition) is 2. The van der Waals surface area contributed by atoms with Gasteiger partial charge in [-0.3, -0.25) is 0 Å². The fourth-order valence-electron chi connectivity index (χ4n) is 3.39. The van der Waals surface area contributed by atoms with Crippen molar-refractivity contribution in [3.63, 3.8) is 0 Å². The molecular formula is C18H23BrF3N3O2. The number of alkyl halides is 3. The highest BCUT2D eigenvalue weighted by Crippen LogP contribution is 2.30. The van der Waals surface area contributed by atoms with Gasteiger partial charge in [0.2, 0.25) is 0 Å². The number of hydrogen-bond acceptors (Lipinski definition) is 4. The van der Waals surface area contributed by atoms with Crippen LogP contribution in [0.1, 0.15) is 25.7 Å². The minimum absolute atomic E-state index is 0.0122. The standard InChI is InChI=1S/C18H23BrF3N3O2/c1-25-10-24-17-14(19)6-13(7-15(17)25)27-9-11-2-4-12(5-3-11)23-8-16(26)18(20,21)22/h6-7,10-12,16,23,26H,2-5,8-9H2,1H3/t11?,12?,16-/m1/s1. The summed E-state index contributed by atoms with van der Waals surface area (Å²) in [6.45, 7) is 0.127. The van der Waals surface area contributed by atoms with Crippen molar-refractivity contribution in [2.24, 2.45) is 13.0 Å². The van der Waals surface area contributed by atoms with Crippen LogP contribution in [-0.4, -0.2) is 46.1 Å². The molecule has 0 unspecified atom stereocenters. The number of aryl methyl sites for hydroxylation is 1. The van der Waals surface area contributed by atoms with E-state index >= 15 is 0 Å². The fraction of sp³-hybridized carbons (Fsp3) is 0.611. The highest BCUT2D eigenvalue weighted by molar-refractivity contribution is 9.10. The molecule has 9 heteroatoms. The van der Waals surface area contributed by atoms with Gasteiger partial charge >= 0.3 is 6.18 Å². The number of fused-ring (bicyclic) bond motifs is 1. The first-order valence-electron chi connectivity index (χ1n) is 8.95. The lowest BCUT2D eigenvalue weighted by Crippen LogP contribution is -2.43. The van der Waals surface area contributed by atoms with E-state index in [1.54, 1.807) is 6.33 Å². The number of benzene rings is 1. The molecule has 1 fully saturated rings. The maximum absolute atomic E-state index is 12.3. The van der Waals surface area contributed by atoms with Gasteiger partial charge in [-0.15, -0.1) is 0 Å². The van der Waals surface area contributed by atoms with Gasteiger partial charge < -0.3 is 19.7 Å². The number of aliphatic hydroxyl groups is 1. The molecule has 150 valence electrons. The molecule has 2 aromatic rings. The summed E-state index contributed by atoms with van der Waals surface area (Å²) in [5.74, 6) is 1.14. The zero-order chi connectivity index (χ0) is 19.6. The number of ether oxygens (including phenoxy) is 1. The first kappa shape index (κ1) is 20.4. The van der Waals surface area contributed by atoms with Crippen molar-refractivity contribution in [3.8, 4) is 5.75 Å². The van der Waals surface area contributed by atoms with Gasteiger partial charge in [-0.05, 0) is 53.6 Å². The number of imidazole rings is 1. The van der Waals surface area contributed by atoms with Gasteiger partial charge in [0.1, 0.15) is 11.3 Å². The molecule has 2 N–H and O–H groups in total. The lowest BCUT2D eigenvalue weighted by atomic mass is 9.86. The second-order valence-electron chi connectivity index (χ2n) is 7.12. The van der Waals surface area contributed by atoms with Crippen molar-refractivity contribution in [3.05, 3.63) is 22.9 Å². The van der Waals surface area contributed by atoms with Crippen LogP contribution in [0.3, 0.4) is 0 Å². The molecule has 1 aromatic carbocycles. The van der Waals surface area contributed by atoms with E-state index in [1.165, 1.54) is 0 Å². The van der Waals surface area contributed by atoms with E-state index in [1.807, 2.05) is 23.7 Å². The van der Waals surface area contributed by atoms with Crippen LogP contribution in [0.2, 0.25) is 0 Å². The summed E-state index contributed by atoms with van der Waals surface area (Å²) in [4.78, 5) is 4.33. The third-order valence-electron chi connectivity index (χ3n) is 5.07. The summed E-state index contributed by atoms with van der Waals surface area (Å²) in [6, 6.07) is 3.87. The quantitative estimate of drug-likeness (QED) is 0.704. The van der Waals surface area contributed by atoms with Crippen LogP contribution < -0.4 is 10.1 Å². The zero-order valence-electron chi connectivity index (χ0n) is 15.0. The molecule has 1 aromatic heterocycles. The SMILES string of the molecule is Cn1cnc2c(Br)cc(OCC3CCC(NC[C@@H](O)C(F)(F)F)CC3)cc21. The minimum atomic E-state index is -4.57. The summed E-state index contributed by atoms with van der Waals surface area (Å²) in [5, 5.41) is 11.9. The van der Waals surface area contributed by atoms with Gasteiger partial charge in [-0.1, -0.05) is 0 Å². The van der Waals surface area contributed by atoms with E-state index in [-0.39, 0.29) is 6.04 Å². The second kappa shape index (κ2) is 8.36. The molecule has 0 spiro atoms. The summed E-state index contributed by atoms with van der Waals surface area (Å²) in [7, 11) is 1.93. The lowest BCUT2D eigenvalue weighted by Gasteiger charge is -2.30. The predicted molar refractivity (Wildman–Crippen MR) is 99.7 cm³/mol. The van der Waals surface area contributed by atoms with E-state index < -0.39 is 18.8 Å². The van der Waals surface area contributed by atoms with Crippen LogP contribution >= 0.6 is 15.9 Å². The van der Waals surface area contributed by atoms with E-state index in [0.29, 0.717) is 12.5 Å². The number of nitrogens with zero attached hydrogens (tertiary/aromatic N) is 2. The molecule has 1 atom stereocenters. The average molecular weight is 450 g/mol. The molecule has 0 bridgehead atoms. The van der Waals surface area contributed by atoms with Crippen molar-refractivity contribution >= 4 is 27.0 Å². The highest BCUT2D eigenvalue weighted by atomic mass is 79.9. The molecule has 27 heavy (non-hydrogen) atoms. The average Bonchev–Trinajstić information content (AvgIpc) is 2.99. The van der Waals surface area contributed by atoms with E-state index in [2.05, 4.69) is 26.2 Å². The molecule has 1 heterocycles. The van der Waals surface area contributed by atoms with Crippen molar-refractivity contribution in [1.82, 2.24) is 14.9 Å². The number of aliphatic hydroxyl groups excluding tert-OH is 1. The molecule has 0 radical (unpaired) electrons. The Morgan fingerprint density at radius 1 is 1.33 bits per heavy atom. The Kier molecular flexibility index (Phi) is 6.32. The maximum atomic E-state index is 12.3. The molecule has 0 aliphatic heterocycles. The minimum Gasteiger partial charge on any atom is -0.493 e. The van der Waals surface area contributed by atoms with Gasteiger partial charge in [0.05, 0.1) is 18.5 Å². The van der Waals surface area contributed by atoms with Gasteiger partial charge in [0.25, 0.3) is 0 Å². The molecule has 3 rings (SSSR count). The summed E-state index contributed by atoms with van der Waals surface area (Å²) < 4.78 is 45.8. The van der Waals surface area contributed by atoms with E-state index in [0.717, 1.165) is 46.9 Å². The molecule has 1 aliphatic rings. The number of halogens is 4. The van der Waals surface area contributed by atoms with Crippen LogP contribution in [0.15, 0.2) is 22.9 Å². The van der Waals surface area contributed by atoms with Crippen LogP contribution in [0.5, 0.6) is 5.75 Å². The van der Waals surface area contributed by atoms with E-state index in [4.69, 9.17) is 9.84 Å². The summed E-state index contributed by atoms with van der Waals surface area (Å²) in [6.07, 6.45) is -1.79. The molecule has 0 saturated heterocycles. The van der Waals surface area contributed by atoms with Crippen LogP contribution in [0.4, 0.5) is 13.2 Å². The summed E-state index contributed by atoms with van der Waals surface area (Å²) >= 11 is 3.51. The molecule has 0 amide bonds. The predicted octanol–water partition coefficient (Wildman–Crippen LogP) is 3.79. The van der Waals surface area contributed by atoms with Crippen molar-refractivity contribution < 1.29 is 23.0 Å². The highest BCUT2D eigenvalue weighted by Gasteiger charge is 2.38. The Bertz CT molecular complexity index is 773. The van der Waals surface area contributed by atoms with Crippen LogP contribution in [-0.2, 0) is 7.05 Å². The first-order valence-corrected chi connectivity index (χ1v) is 9.75. The Balaban J connectivity index is 1.45. The first-order chi connectivity index (χ1) is 12.7. The largest absolute Gasteiger partial charge is 0.493 e. The maximum Gasteiger partial charge on any atom is 0.415 e. The molecular weight excluding hydrogens is 427 g/mol. The Morgan fingerprint density at radius 3 is 2.70 bits per heavy atom. The van der Waals surface area contributed by atoms with Crippen molar-refractivity contribution in [1.29, 1.82) is 0 Å². The van der Waals surface area contributed by atoms with Crippen LogP contribution in [0, 0.1) is 5.92 Å². The third-order valence-corrected chi connectivity index (χ3v) is 5.67. The topological polar surface area (TPSA) is 59.3 Å². The van der Waals surface area contributed by atoms with Crippen molar-refractivity contribution in [2.75, 3.05) is 13.2 Å². The van der Waals surface area contributed by atoms with E-state index in [9.17, 15) is 13.2 Å². The number of rotatable bonds is 6. The smallest absolute Gasteiger partial charge is 0.415 e. The monoisotopic (exact) mass is 449 g/mol. The van der Waals surface area contributed by atoms with Crippen LogP contribution in [0.25, 0.3) is 11.0 Å². The molecule has 1 aliphatic carbocycles. The van der Waals surface area contributed by atoms with Crippen molar-refractivity contribution in [2.45, 2.75) is 44.0 Å². The van der Waals surface area contributed by atoms with Gasteiger partial charge in [-0.2, -0.15) is 13.2 Å². The van der Waals surface area contributed by atoms with Gasteiger partial charge in [0.15, 0.2) is 6.10 Å². The third kappa shape index (κ3) is 5.14. The zero-order valence-corrected chi connectivity index (χ0v) is 16.6. The normalized spacial score (nSPS) is 22.1. The number of aromatic nitrogens is 2. The Morgan fingerprint density at radius 2 is 2.04 bits per heavy atom. The molecule has 1 saturated carbocycles. The Labute approximate surface area is 164 Å². The second-order valence-corrected chi connectivity index (χ2v) is 7.98. The Hall–Kier alpha value is -1.32. The summed E-state index contributed by atoms with van der Waals surface area (Å²) in [5.41, 5.74) is 1.87. The molecule has 5 nitrogen and oxygen atoms in total. The number of nitrogens with one attached hydrogen (secondary N) is 1. The fourth-order valence-corrected chi connectivity index (χ4v) is 3.92.